The fourth-order valence-corrected chi connectivity index (χ4v) is 3.49. The quantitative estimate of drug-likeness (QED) is 0.481. The second kappa shape index (κ2) is 5.37. The minimum atomic E-state index is 0.184. The number of aromatic nitrogens is 1. The fraction of sp³-hybridized carbons (Fsp3) is 0.158. The van der Waals surface area contributed by atoms with E-state index in [2.05, 4.69) is 26.0 Å². The summed E-state index contributed by atoms with van der Waals surface area (Å²) in [7, 11) is 0. The first-order valence-corrected chi connectivity index (χ1v) is 8.36. The molecule has 2 N–H and O–H groups in total. The minimum absolute atomic E-state index is 0.184. The first-order valence-electron chi connectivity index (χ1n) is 8.36. The Bertz CT molecular complexity index is 1150. The Hall–Kier alpha value is -3.28. The minimum Gasteiger partial charge on any atom is -0.338 e. The van der Waals surface area contributed by atoms with Crippen LogP contribution in [-0.4, -0.2) is 23.4 Å². The lowest BCUT2D eigenvalue weighted by Gasteiger charge is -2.29. The van der Waals surface area contributed by atoms with Crippen molar-refractivity contribution in [2.75, 3.05) is 11.4 Å². The molecule has 3 aromatic rings. The molecule has 0 spiro atoms. The van der Waals surface area contributed by atoms with E-state index in [0.29, 0.717) is 11.4 Å². The average molecular weight is 328 g/mol. The van der Waals surface area contributed by atoms with Gasteiger partial charge in [0.2, 0.25) is 5.96 Å². The van der Waals surface area contributed by atoms with Crippen LogP contribution in [0.4, 0.5) is 5.69 Å². The molecule has 6 nitrogen and oxygen atoms in total. The van der Waals surface area contributed by atoms with Gasteiger partial charge in [0, 0.05) is 23.1 Å². The Morgan fingerprint density at radius 2 is 1.92 bits per heavy atom. The van der Waals surface area contributed by atoms with E-state index in [0.717, 1.165) is 41.3 Å². The molecular weight excluding hydrogens is 312 g/mol. The Balaban J connectivity index is 1.52. The van der Waals surface area contributed by atoms with E-state index >= 15 is 0 Å². The molecule has 0 fully saturated rings. The van der Waals surface area contributed by atoms with Crippen LogP contribution in [0.15, 0.2) is 63.5 Å². The highest BCUT2D eigenvalue weighted by molar-refractivity contribution is 6.03. The van der Waals surface area contributed by atoms with E-state index in [9.17, 15) is 0 Å². The summed E-state index contributed by atoms with van der Waals surface area (Å²) in [6, 6.07) is 16.2. The van der Waals surface area contributed by atoms with Crippen molar-refractivity contribution in [3.8, 4) is 0 Å². The van der Waals surface area contributed by atoms with Gasteiger partial charge in [0.15, 0.2) is 5.49 Å². The number of H-pyrrole nitrogens is 1. The maximum Gasteiger partial charge on any atom is 0.255 e. The van der Waals surface area contributed by atoms with Crippen LogP contribution in [0.25, 0.3) is 10.9 Å². The van der Waals surface area contributed by atoms with E-state index in [1.807, 2.05) is 47.4 Å². The summed E-state index contributed by atoms with van der Waals surface area (Å²) in [6.07, 6.45) is 2.06. The zero-order chi connectivity index (χ0) is 16.8. The van der Waals surface area contributed by atoms with Gasteiger partial charge in [-0.05, 0) is 30.5 Å². The van der Waals surface area contributed by atoms with Crippen LogP contribution < -0.4 is 15.7 Å². The number of nitrogens with zero attached hydrogens (tertiary/aromatic N) is 4. The summed E-state index contributed by atoms with van der Waals surface area (Å²) in [4.78, 5) is 18.5. The maximum absolute atomic E-state index is 8.41. The van der Waals surface area contributed by atoms with Gasteiger partial charge in [-0.2, -0.15) is 9.98 Å². The van der Waals surface area contributed by atoms with Gasteiger partial charge >= 0.3 is 0 Å². The molecule has 0 atom stereocenters. The van der Waals surface area contributed by atoms with Crippen molar-refractivity contribution in [1.29, 1.82) is 5.41 Å². The van der Waals surface area contributed by atoms with Crippen LogP contribution in [0.3, 0.4) is 0 Å². The van der Waals surface area contributed by atoms with Crippen molar-refractivity contribution in [2.24, 2.45) is 15.0 Å². The molecule has 3 heterocycles. The topological polar surface area (TPSA) is 80.0 Å². The van der Waals surface area contributed by atoms with Crippen molar-refractivity contribution in [3.05, 3.63) is 64.9 Å². The number of guanidine groups is 2. The number of benzene rings is 2. The first-order chi connectivity index (χ1) is 12.3. The van der Waals surface area contributed by atoms with E-state index in [1.165, 1.54) is 5.56 Å². The van der Waals surface area contributed by atoms with Gasteiger partial charge in [-0.1, -0.05) is 36.4 Å². The molecule has 5 rings (SSSR count). The summed E-state index contributed by atoms with van der Waals surface area (Å²) in [5.41, 5.74) is 4.05. The Morgan fingerprint density at radius 3 is 2.88 bits per heavy atom. The van der Waals surface area contributed by atoms with E-state index in [-0.39, 0.29) is 5.96 Å². The lowest BCUT2D eigenvalue weighted by atomic mass is 10.0. The van der Waals surface area contributed by atoms with Crippen LogP contribution in [-0.2, 0) is 6.42 Å². The molecule has 122 valence electrons. The lowest BCUT2D eigenvalue weighted by Crippen LogP contribution is -2.34. The summed E-state index contributed by atoms with van der Waals surface area (Å²) in [5, 5.41) is 10.2. The standard InChI is InChI=1S/C19H16N6/c20-18(25-11-5-7-12-6-1-4-10-15(12)25)24-19-22-16-13-8-2-3-9-14(13)21-17(16)23-19/h1-4,6,8-10H,5,7,11H2,(H2,20,21,22,23,24). The molecule has 0 amide bonds. The van der Waals surface area contributed by atoms with Crippen molar-refractivity contribution in [2.45, 2.75) is 12.8 Å². The molecular formula is C19H16N6. The Kier molecular flexibility index (Phi) is 3.03. The number of hydrogen-bond donors (Lipinski definition) is 2. The van der Waals surface area contributed by atoms with Gasteiger partial charge in [-0.3, -0.25) is 5.41 Å². The second-order valence-electron chi connectivity index (χ2n) is 6.21. The zero-order valence-corrected chi connectivity index (χ0v) is 13.5. The molecule has 0 saturated carbocycles. The number of anilines is 1. The highest BCUT2D eigenvalue weighted by atomic mass is 15.3. The van der Waals surface area contributed by atoms with Gasteiger partial charge in [0.05, 0.1) is 0 Å². The van der Waals surface area contributed by atoms with Crippen molar-refractivity contribution < 1.29 is 0 Å². The van der Waals surface area contributed by atoms with Gasteiger partial charge < -0.3 is 9.88 Å². The zero-order valence-electron chi connectivity index (χ0n) is 13.5. The van der Waals surface area contributed by atoms with Gasteiger partial charge in [0.1, 0.15) is 5.36 Å². The van der Waals surface area contributed by atoms with E-state index in [4.69, 9.17) is 5.41 Å². The summed E-state index contributed by atoms with van der Waals surface area (Å²) < 4.78 is 0. The monoisotopic (exact) mass is 328 g/mol. The highest BCUT2D eigenvalue weighted by Gasteiger charge is 2.20. The fourth-order valence-electron chi connectivity index (χ4n) is 3.49. The van der Waals surface area contributed by atoms with Gasteiger partial charge in [0.25, 0.3) is 5.96 Å². The number of fused-ring (bicyclic) bond motifs is 4. The number of aryl methyl sites for hydroxylation is 1. The summed E-state index contributed by atoms with van der Waals surface area (Å²) in [6.45, 7) is 0.793. The van der Waals surface area contributed by atoms with Crippen LogP contribution in [0.5, 0.6) is 0 Å². The summed E-state index contributed by atoms with van der Waals surface area (Å²) in [5.74, 6) is 0.518. The van der Waals surface area contributed by atoms with Crippen LogP contribution in [0, 0.1) is 5.41 Å². The Labute approximate surface area is 143 Å². The molecule has 0 radical (unpaired) electrons. The first kappa shape index (κ1) is 14.1. The third-order valence-electron chi connectivity index (χ3n) is 4.65. The molecule has 1 aromatic heterocycles. The van der Waals surface area contributed by atoms with E-state index in [1.54, 1.807) is 0 Å². The normalized spacial score (nSPS) is 17.1. The van der Waals surface area contributed by atoms with Gasteiger partial charge in [-0.25, -0.2) is 4.99 Å². The van der Waals surface area contributed by atoms with Crippen LogP contribution >= 0.6 is 0 Å². The highest BCUT2D eigenvalue weighted by Crippen LogP contribution is 2.26. The third kappa shape index (κ3) is 2.26. The predicted octanol–water partition coefficient (Wildman–Crippen LogP) is 2.16. The van der Waals surface area contributed by atoms with Crippen molar-refractivity contribution >= 4 is 28.5 Å². The summed E-state index contributed by atoms with van der Waals surface area (Å²) >= 11 is 0. The molecule has 25 heavy (non-hydrogen) atoms. The smallest absolute Gasteiger partial charge is 0.255 e. The largest absolute Gasteiger partial charge is 0.338 e. The molecule has 6 heteroatoms. The van der Waals surface area contributed by atoms with Crippen molar-refractivity contribution in [3.63, 3.8) is 0 Å². The lowest BCUT2D eigenvalue weighted by molar-refractivity contribution is 0.773. The number of nitrogens with one attached hydrogen (secondary N) is 2. The molecule has 0 unspecified atom stereocenters. The van der Waals surface area contributed by atoms with Crippen molar-refractivity contribution in [1.82, 2.24) is 4.98 Å². The maximum atomic E-state index is 8.41. The molecule has 2 aliphatic heterocycles. The predicted molar refractivity (Wildman–Crippen MR) is 97.9 cm³/mol. The molecule has 0 saturated heterocycles. The van der Waals surface area contributed by atoms with Crippen LogP contribution in [0.1, 0.15) is 12.0 Å². The van der Waals surface area contributed by atoms with E-state index < -0.39 is 0 Å². The van der Waals surface area contributed by atoms with Crippen LogP contribution in [0.2, 0.25) is 0 Å². The third-order valence-corrected chi connectivity index (χ3v) is 4.65. The van der Waals surface area contributed by atoms with Gasteiger partial charge in [-0.15, -0.1) is 0 Å². The number of rotatable bonds is 0. The number of para-hydroxylation sites is 2. The SMILES string of the molecule is N=C(/N=C1\N=c2[nH]c3ccccc3c2=N1)N1CCCc2ccccc21. The molecule has 2 aromatic carbocycles. The average Bonchev–Trinajstić information content (AvgIpc) is 3.18. The second-order valence-corrected chi connectivity index (χ2v) is 6.21. The number of aliphatic imine (C=N–C) groups is 1. The number of aromatic amines is 1. The number of hydrogen-bond acceptors (Lipinski definition) is 1. The molecule has 0 bridgehead atoms. The Morgan fingerprint density at radius 1 is 1.08 bits per heavy atom. The molecule has 0 aliphatic carbocycles. The molecule has 2 aliphatic rings.